The van der Waals surface area contributed by atoms with Crippen molar-refractivity contribution in [1.82, 2.24) is 0 Å². The second kappa shape index (κ2) is 18.3. The fourth-order valence-electron chi connectivity index (χ4n) is 5.63. The SMILES string of the molecule is CCC1=[C-]C(CC)C(CC)=C1CC.[Cl-].[Cl-].[Zr+2]=[C](c1ccccc1)c1ccccc1.c1ccc2c(c1)[cH-]c1ccccc12. The second-order valence-electron chi connectivity index (χ2n) is 10.1. The average Bonchev–Trinajstić information content (AvgIpc) is 3.59. The molecule has 5 aromatic carbocycles. The van der Waals surface area contributed by atoms with Crippen LogP contribution in [0.5, 0.6) is 0 Å². The molecule has 5 aromatic rings. The number of benzene rings is 4. The second-order valence-corrected chi connectivity index (χ2v) is 11.3. The van der Waals surface area contributed by atoms with Crippen LogP contribution in [0.2, 0.25) is 0 Å². The number of fused-ring (bicyclic) bond motifs is 3. The maximum Gasteiger partial charge on any atom is -0.0771 e. The Morgan fingerprint density at radius 2 is 1.07 bits per heavy atom. The van der Waals surface area contributed by atoms with Gasteiger partial charge in [-0.25, -0.2) is 5.57 Å². The van der Waals surface area contributed by atoms with Crippen molar-refractivity contribution in [2.75, 3.05) is 0 Å². The Labute approximate surface area is 280 Å². The van der Waals surface area contributed by atoms with Crippen LogP contribution < -0.4 is 24.8 Å². The normalized spacial score (nSPS) is 13.7. The number of hydrogen-bond donors (Lipinski definition) is 0. The van der Waals surface area contributed by atoms with E-state index in [1.165, 1.54) is 84.9 Å². The van der Waals surface area contributed by atoms with Crippen LogP contribution >= 0.6 is 0 Å². The molecule has 0 aromatic heterocycles. The van der Waals surface area contributed by atoms with Gasteiger partial charge in [0.1, 0.15) is 0 Å². The minimum Gasteiger partial charge on any atom is -0.126 e. The van der Waals surface area contributed by atoms with Crippen molar-refractivity contribution >= 4 is 24.8 Å². The van der Waals surface area contributed by atoms with Crippen molar-refractivity contribution in [3.8, 4) is 0 Å². The summed E-state index contributed by atoms with van der Waals surface area (Å²) < 4.78 is 1.42. The summed E-state index contributed by atoms with van der Waals surface area (Å²) in [5.74, 6) is 0.634. The van der Waals surface area contributed by atoms with Crippen molar-refractivity contribution in [3.05, 3.63) is 149 Å². The summed E-state index contributed by atoms with van der Waals surface area (Å²) in [6.07, 6.45) is 8.41. The molecule has 1 atom stereocenters. The maximum atomic E-state index is 3.63. The van der Waals surface area contributed by atoms with E-state index in [0.29, 0.717) is 5.92 Å². The van der Waals surface area contributed by atoms with Gasteiger partial charge < -0.3 is 24.8 Å². The molecule has 3 heteroatoms. The van der Waals surface area contributed by atoms with E-state index in [-0.39, 0.29) is 24.8 Å². The van der Waals surface area contributed by atoms with Crippen LogP contribution in [0.25, 0.3) is 21.5 Å². The van der Waals surface area contributed by atoms with Gasteiger partial charge in [-0.2, -0.15) is 11.1 Å². The third-order valence-corrected chi connectivity index (χ3v) is 9.08. The summed E-state index contributed by atoms with van der Waals surface area (Å²) in [6.45, 7) is 9.04. The van der Waals surface area contributed by atoms with Gasteiger partial charge >= 0.3 is 99.2 Å². The Hall–Kier alpha value is -2.44. The van der Waals surface area contributed by atoms with Gasteiger partial charge in [0.25, 0.3) is 0 Å². The molecule has 0 N–H and O–H groups in total. The van der Waals surface area contributed by atoms with Gasteiger partial charge in [-0.1, -0.05) is 95.7 Å². The summed E-state index contributed by atoms with van der Waals surface area (Å²) >= 11 is 1.46. The molecule has 1 unspecified atom stereocenters. The first-order valence-corrected chi connectivity index (χ1v) is 15.9. The van der Waals surface area contributed by atoms with Crippen molar-refractivity contribution in [2.45, 2.75) is 53.4 Å². The van der Waals surface area contributed by atoms with Crippen LogP contribution in [0.1, 0.15) is 64.5 Å². The van der Waals surface area contributed by atoms with Gasteiger partial charge in [-0.15, -0.1) is 39.7 Å². The van der Waals surface area contributed by atoms with Gasteiger partial charge in [-0.3, -0.25) is 6.08 Å². The fraction of sp³-hybridized carbons (Fsp3) is 0.231. The predicted molar refractivity (Wildman–Crippen MR) is 172 cm³/mol. The molecule has 0 saturated carbocycles. The van der Waals surface area contributed by atoms with Crippen LogP contribution in [-0.4, -0.2) is 3.21 Å². The van der Waals surface area contributed by atoms with Gasteiger partial charge in [0, 0.05) is 0 Å². The Bertz CT molecular complexity index is 1500. The Balaban J connectivity index is 0.000000215. The predicted octanol–water partition coefficient (Wildman–Crippen LogP) is 4.80. The van der Waals surface area contributed by atoms with Crippen LogP contribution in [0.3, 0.4) is 0 Å². The van der Waals surface area contributed by atoms with E-state index >= 15 is 0 Å². The molecule has 42 heavy (non-hydrogen) atoms. The van der Waals surface area contributed by atoms with Gasteiger partial charge in [0.2, 0.25) is 0 Å². The van der Waals surface area contributed by atoms with Gasteiger partial charge in [-0.05, 0) is 0 Å². The van der Waals surface area contributed by atoms with Crippen molar-refractivity contribution in [1.29, 1.82) is 0 Å². The van der Waals surface area contributed by atoms with E-state index in [1.807, 2.05) is 0 Å². The monoisotopic (exact) mass is 668 g/mol. The number of allylic oxidation sites excluding steroid dienone is 4. The van der Waals surface area contributed by atoms with E-state index < -0.39 is 0 Å². The Morgan fingerprint density at radius 3 is 1.48 bits per heavy atom. The average molecular weight is 671 g/mol. The fourth-order valence-corrected chi connectivity index (χ4v) is 6.45. The minimum atomic E-state index is 0. The van der Waals surface area contributed by atoms with Crippen LogP contribution in [0.4, 0.5) is 0 Å². The Morgan fingerprint density at radius 1 is 0.619 bits per heavy atom. The largest absolute Gasteiger partial charge is 0.126 e. The summed E-state index contributed by atoms with van der Waals surface area (Å²) in [7, 11) is 0. The molecule has 6 rings (SSSR count). The molecular formula is C39H40Cl2Zr-2. The standard InChI is InChI=1S/C13H9.C13H10.C13H21.2ClH.Zr/c1-3-7-12-10(5-1)9-11-6-2-4-8-13(11)12;1-3-7-12(8-4-1)11-13-9-5-2-6-10-13;1-5-10-9-11(6-2)13(8-4)12(10)7-3;;;/h1-9H;1-10H;10H,5-8H2,1-4H3;2*1H;/q-1;;-1;;;+2/p-2. The van der Waals surface area contributed by atoms with Crippen LogP contribution in [0.15, 0.2) is 132 Å². The van der Waals surface area contributed by atoms with Crippen molar-refractivity contribution in [2.24, 2.45) is 5.92 Å². The number of hydrogen-bond acceptors (Lipinski definition) is 0. The van der Waals surface area contributed by atoms with E-state index in [4.69, 9.17) is 0 Å². The van der Waals surface area contributed by atoms with E-state index in [9.17, 15) is 0 Å². The summed E-state index contributed by atoms with van der Waals surface area (Å²) in [5.41, 5.74) is 7.42. The molecule has 0 spiro atoms. The molecule has 0 radical (unpaired) electrons. The zero-order valence-corrected chi connectivity index (χ0v) is 29.1. The molecule has 0 nitrogen and oxygen atoms in total. The summed E-state index contributed by atoms with van der Waals surface area (Å²) in [5, 5.41) is 5.39. The molecule has 0 heterocycles. The smallest absolute Gasteiger partial charge is 0.0771 e. The molecular weight excluding hydrogens is 631 g/mol. The molecule has 0 fully saturated rings. The number of rotatable bonds is 6. The Kier molecular flexibility index (Phi) is 15.6. The van der Waals surface area contributed by atoms with E-state index in [2.05, 4.69) is 149 Å². The van der Waals surface area contributed by atoms with Gasteiger partial charge in [0.15, 0.2) is 0 Å². The molecule has 0 aliphatic heterocycles. The molecule has 1 aliphatic rings. The number of halogens is 2. The molecule has 1 aliphatic carbocycles. The van der Waals surface area contributed by atoms with Crippen molar-refractivity contribution in [3.63, 3.8) is 0 Å². The van der Waals surface area contributed by atoms with Crippen LogP contribution in [0, 0.1) is 12.0 Å². The maximum absolute atomic E-state index is 3.63. The van der Waals surface area contributed by atoms with E-state index in [1.54, 1.807) is 11.1 Å². The first-order valence-electron chi connectivity index (χ1n) is 14.7. The van der Waals surface area contributed by atoms with E-state index in [0.717, 1.165) is 6.42 Å². The molecule has 216 valence electrons. The van der Waals surface area contributed by atoms with Gasteiger partial charge in [0.05, 0.1) is 0 Å². The third-order valence-electron chi connectivity index (χ3n) is 7.66. The molecule has 0 saturated heterocycles. The molecule has 0 amide bonds. The zero-order chi connectivity index (χ0) is 28.3. The topological polar surface area (TPSA) is 0 Å². The summed E-state index contributed by atoms with van der Waals surface area (Å²) in [4.78, 5) is 0. The zero-order valence-electron chi connectivity index (χ0n) is 25.1. The van der Waals surface area contributed by atoms with Crippen molar-refractivity contribution < 1.29 is 49.0 Å². The van der Waals surface area contributed by atoms with Crippen LogP contribution in [-0.2, 0) is 24.2 Å². The summed E-state index contributed by atoms with van der Waals surface area (Å²) in [6, 6.07) is 40.4. The molecule has 0 bridgehead atoms. The third kappa shape index (κ3) is 8.79. The first-order chi connectivity index (χ1) is 19.6. The quantitative estimate of drug-likeness (QED) is 0.228. The first kappa shape index (κ1) is 35.8. The minimum absolute atomic E-state index is 0.